The molecule has 1 atom stereocenters. The summed E-state index contributed by atoms with van der Waals surface area (Å²) in [5.41, 5.74) is 0.762. The van der Waals surface area contributed by atoms with E-state index in [0.29, 0.717) is 13.0 Å². The lowest BCUT2D eigenvalue weighted by molar-refractivity contribution is -0.122. The van der Waals surface area contributed by atoms with Gasteiger partial charge in [-0.2, -0.15) is 0 Å². The monoisotopic (exact) mass is 274 g/mol. The van der Waals surface area contributed by atoms with Crippen LogP contribution >= 0.6 is 11.3 Å². The molecule has 1 aromatic rings. The number of methoxy groups -OCH3 is 1. The molecule has 0 aliphatic carbocycles. The first-order valence-electron chi connectivity index (χ1n) is 5.62. The molecule has 1 unspecified atom stereocenters. The van der Waals surface area contributed by atoms with Gasteiger partial charge in [-0.25, -0.2) is 0 Å². The quantitative estimate of drug-likeness (QED) is 0.717. The summed E-state index contributed by atoms with van der Waals surface area (Å²) in [6.07, 6.45) is 0.538. The number of rotatable bonds is 7. The predicted molar refractivity (Wildman–Crippen MR) is 68.8 cm³/mol. The molecule has 102 valence electrons. The minimum atomic E-state index is -0.341. The van der Waals surface area contributed by atoms with Crippen molar-refractivity contribution in [3.8, 4) is 0 Å². The van der Waals surface area contributed by atoms with Crippen LogP contribution in [0.2, 0.25) is 0 Å². The largest absolute Gasteiger partial charge is 0.394 e. The van der Waals surface area contributed by atoms with Crippen molar-refractivity contribution in [1.82, 2.24) is 9.88 Å². The van der Waals surface area contributed by atoms with Gasteiger partial charge in [0.15, 0.2) is 0 Å². The number of carbonyl (C=O) groups is 1. The van der Waals surface area contributed by atoms with Crippen LogP contribution in [0, 0.1) is 6.92 Å². The van der Waals surface area contributed by atoms with E-state index in [-0.39, 0.29) is 30.0 Å². The van der Waals surface area contributed by atoms with Crippen molar-refractivity contribution in [2.45, 2.75) is 25.9 Å². The van der Waals surface area contributed by atoms with Crippen LogP contribution in [-0.4, -0.2) is 41.9 Å². The fourth-order valence-electron chi connectivity index (χ4n) is 1.48. The molecule has 0 fully saturated rings. The zero-order valence-corrected chi connectivity index (χ0v) is 11.3. The number of nitrogens with zero attached hydrogens (tertiary/aromatic N) is 1. The molecule has 7 heteroatoms. The first-order valence-corrected chi connectivity index (χ1v) is 6.50. The molecular formula is C11H18N2O4S. The van der Waals surface area contributed by atoms with Gasteiger partial charge in [-0.05, 0) is 13.3 Å². The van der Waals surface area contributed by atoms with Gasteiger partial charge >= 0.3 is 4.87 Å². The fourth-order valence-corrected chi connectivity index (χ4v) is 2.22. The summed E-state index contributed by atoms with van der Waals surface area (Å²) in [7, 11) is 1.56. The molecule has 0 saturated carbocycles. The summed E-state index contributed by atoms with van der Waals surface area (Å²) in [5.74, 6) is -0.284. The van der Waals surface area contributed by atoms with E-state index in [1.807, 2.05) is 0 Å². The lowest BCUT2D eigenvalue weighted by atomic mass is 10.2. The van der Waals surface area contributed by atoms with Gasteiger partial charge in [0.25, 0.3) is 0 Å². The summed E-state index contributed by atoms with van der Waals surface area (Å²) >= 11 is 1.07. The Morgan fingerprint density at radius 3 is 2.89 bits per heavy atom. The van der Waals surface area contributed by atoms with Crippen molar-refractivity contribution in [1.29, 1.82) is 0 Å². The molecule has 1 amide bonds. The smallest absolute Gasteiger partial charge is 0.307 e. The number of aliphatic hydroxyl groups is 1. The van der Waals surface area contributed by atoms with E-state index in [4.69, 9.17) is 9.84 Å². The Bertz CT molecular complexity index is 440. The van der Waals surface area contributed by atoms with Crippen LogP contribution < -0.4 is 10.2 Å². The highest BCUT2D eigenvalue weighted by Crippen LogP contribution is 1.99. The highest BCUT2D eigenvalue weighted by Gasteiger charge is 2.13. The molecule has 2 N–H and O–H groups in total. The zero-order valence-electron chi connectivity index (χ0n) is 10.5. The van der Waals surface area contributed by atoms with E-state index in [1.54, 1.807) is 19.4 Å². The minimum Gasteiger partial charge on any atom is -0.394 e. The van der Waals surface area contributed by atoms with E-state index in [1.165, 1.54) is 4.57 Å². The Hall–Kier alpha value is -1.18. The average Bonchev–Trinajstić information content (AvgIpc) is 2.66. The van der Waals surface area contributed by atoms with Gasteiger partial charge in [0.2, 0.25) is 5.91 Å². The molecule has 1 aromatic heterocycles. The minimum absolute atomic E-state index is 0.0162. The van der Waals surface area contributed by atoms with Gasteiger partial charge in [-0.1, -0.05) is 11.3 Å². The molecule has 1 rings (SSSR count). The van der Waals surface area contributed by atoms with E-state index in [0.717, 1.165) is 17.0 Å². The van der Waals surface area contributed by atoms with Gasteiger partial charge in [-0.15, -0.1) is 0 Å². The highest BCUT2D eigenvalue weighted by atomic mass is 32.1. The van der Waals surface area contributed by atoms with Crippen LogP contribution in [0.3, 0.4) is 0 Å². The van der Waals surface area contributed by atoms with Gasteiger partial charge in [0.1, 0.15) is 6.54 Å². The third-order valence-corrected chi connectivity index (χ3v) is 3.42. The maximum Gasteiger partial charge on any atom is 0.307 e. The molecule has 0 radical (unpaired) electrons. The Morgan fingerprint density at radius 1 is 1.67 bits per heavy atom. The van der Waals surface area contributed by atoms with Crippen LogP contribution in [-0.2, 0) is 16.1 Å². The number of aryl methyl sites for hydroxylation is 1. The number of hydrogen-bond acceptors (Lipinski definition) is 5. The van der Waals surface area contributed by atoms with E-state index < -0.39 is 0 Å². The van der Waals surface area contributed by atoms with E-state index in [2.05, 4.69) is 5.32 Å². The van der Waals surface area contributed by atoms with Crippen molar-refractivity contribution in [3.05, 3.63) is 20.7 Å². The molecule has 0 aromatic carbocycles. The van der Waals surface area contributed by atoms with Gasteiger partial charge in [-0.3, -0.25) is 14.2 Å². The molecular weight excluding hydrogens is 256 g/mol. The Balaban J connectivity index is 2.53. The molecule has 0 saturated heterocycles. The SMILES string of the molecule is COCCC(CO)NC(=O)Cn1c(C)csc1=O. The molecule has 0 spiro atoms. The second kappa shape index (κ2) is 7.30. The highest BCUT2D eigenvalue weighted by molar-refractivity contribution is 7.07. The summed E-state index contributed by atoms with van der Waals surface area (Å²) in [4.78, 5) is 23.0. The number of nitrogens with one attached hydrogen (secondary N) is 1. The molecule has 0 aliphatic rings. The maximum absolute atomic E-state index is 11.7. The average molecular weight is 274 g/mol. The first-order chi connectivity index (χ1) is 8.58. The second-order valence-electron chi connectivity index (χ2n) is 3.96. The number of hydrogen-bond donors (Lipinski definition) is 2. The van der Waals surface area contributed by atoms with Crippen molar-refractivity contribution >= 4 is 17.2 Å². The maximum atomic E-state index is 11.7. The summed E-state index contributed by atoms with van der Waals surface area (Å²) in [6.45, 7) is 2.08. The van der Waals surface area contributed by atoms with Crippen LogP contribution in [0.25, 0.3) is 0 Å². The van der Waals surface area contributed by atoms with Gasteiger partial charge < -0.3 is 15.2 Å². The number of aliphatic hydroxyl groups excluding tert-OH is 1. The van der Waals surface area contributed by atoms with Crippen LogP contribution in [0.15, 0.2) is 10.2 Å². The second-order valence-corrected chi connectivity index (χ2v) is 4.78. The van der Waals surface area contributed by atoms with Gasteiger partial charge in [0, 0.05) is 24.8 Å². The number of aromatic nitrogens is 1. The van der Waals surface area contributed by atoms with Crippen LogP contribution in [0.4, 0.5) is 0 Å². The van der Waals surface area contributed by atoms with Crippen molar-refractivity contribution in [3.63, 3.8) is 0 Å². The fraction of sp³-hybridized carbons (Fsp3) is 0.636. The first kappa shape index (κ1) is 14.9. The zero-order chi connectivity index (χ0) is 13.5. The topological polar surface area (TPSA) is 80.6 Å². The number of ether oxygens (including phenoxy) is 1. The summed E-state index contributed by atoms with van der Waals surface area (Å²) in [5, 5.41) is 13.5. The van der Waals surface area contributed by atoms with E-state index in [9.17, 15) is 9.59 Å². The van der Waals surface area contributed by atoms with Crippen molar-refractivity contribution in [2.75, 3.05) is 20.3 Å². The summed E-state index contributed by atoms with van der Waals surface area (Å²) < 4.78 is 6.29. The third-order valence-electron chi connectivity index (χ3n) is 2.53. The van der Waals surface area contributed by atoms with Crippen LogP contribution in [0.5, 0.6) is 0 Å². The van der Waals surface area contributed by atoms with Crippen molar-refractivity contribution < 1.29 is 14.6 Å². The predicted octanol–water partition coefficient (Wildman–Crippen LogP) is -0.268. The molecule has 0 bridgehead atoms. The molecule has 0 aliphatic heterocycles. The lowest BCUT2D eigenvalue weighted by Gasteiger charge is -2.16. The van der Waals surface area contributed by atoms with Crippen LogP contribution in [0.1, 0.15) is 12.1 Å². The Kier molecular flexibility index (Phi) is 6.03. The van der Waals surface area contributed by atoms with Crippen molar-refractivity contribution in [2.24, 2.45) is 0 Å². The summed E-state index contributed by atoms with van der Waals surface area (Å²) in [6, 6.07) is -0.341. The number of carbonyl (C=O) groups excluding carboxylic acids is 1. The standard InChI is InChI=1S/C11H18N2O4S/c1-8-7-18-11(16)13(8)5-10(15)12-9(6-14)3-4-17-2/h7,9,14H,3-6H2,1-2H3,(H,12,15). The normalized spacial score (nSPS) is 12.4. The molecule has 6 nitrogen and oxygen atoms in total. The van der Waals surface area contributed by atoms with Gasteiger partial charge in [0.05, 0.1) is 12.6 Å². The van der Waals surface area contributed by atoms with E-state index >= 15 is 0 Å². The lowest BCUT2D eigenvalue weighted by Crippen LogP contribution is -2.41. The Morgan fingerprint density at radius 2 is 2.39 bits per heavy atom. The molecule has 1 heterocycles. The Labute approximate surface area is 109 Å². The number of thiazole rings is 1. The number of amides is 1. The molecule has 18 heavy (non-hydrogen) atoms. The third kappa shape index (κ3) is 4.25.